The van der Waals surface area contributed by atoms with Crippen molar-refractivity contribution >= 4 is 37.1 Å². The average molecular weight is 551 g/mol. The summed E-state index contributed by atoms with van der Waals surface area (Å²) >= 11 is 0. The number of hydrogen-bond donors (Lipinski definition) is 0. The van der Waals surface area contributed by atoms with E-state index in [1.807, 2.05) is 0 Å². The highest BCUT2D eigenvalue weighted by Gasteiger charge is 2.25. The second-order valence-corrected chi connectivity index (χ2v) is 15.7. The van der Waals surface area contributed by atoms with Crippen molar-refractivity contribution in [1.82, 2.24) is 0 Å². The first-order valence-corrected chi connectivity index (χ1v) is 17.4. The molecule has 0 heterocycles. The maximum absolute atomic E-state index is 4.56. The van der Waals surface area contributed by atoms with Gasteiger partial charge in [-0.2, -0.15) is 0 Å². The van der Waals surface area contributed by atoms with E-state index in [1.54, 1.807) is 0 Å². The van der Waals surface area contributed by atoms with E-state index >= 15 is 0 Å². The molecule has 0 saturated carbocycles. The Hall–Kier alpha value is -2.52. The van der Waals surface area contributed by atoms with Crippen molar-refractivity contribution in [2.24, 2.45) is 5.92 Å². The van der Waals surface area contributed by atoms with Gasteiger partial charge >= 0.3 is 0 Å². The van der Waals surface area contributed by atoms with Crippen LogP contribution in [0, 0.1) is 33.6 Å². The number of aryl methyl sites for hydroxylation is 4. The highest BCUT2D eigenvalue weighted by atomic mass is 31.1. The van der Waals surface area contributed by atoms with Gasteiger partial charge in [-0.3, -0.25) is 0 Å². The van der Waals surface area contributed by atoms with Crippen LogP contribution >= 0.6 is 15.8 Å². The fourth-order valence-corrected chi connectivity index (χ4v) is 11.4. The molecule has 0 aliphatic heterocycles. The molecule has 0 radical (unpaired) electrons. The highest BCUT2D eigenvalue weighted by Crippen LogP contribution is 2.44. The van der Waals surface area contributed by atoms with E-state index in [2.05, 4.69) is 138 Å². The molecule has 2 heteroatoms. The first kappa shape index (κ1) is 29.5. The zero-order valence-electron chi connectivity index (χ0n) is 24.5. The number of allylic oxidation sites excluding steroid dienone is 1. The van der Waals surface area contributed by atoms with Gasteiger partial charge in [0, 0.05) is 0 Å². The van der Waals surface area contributed by atoms with Crippen LogP contribution < -0.4 is 21.2 Å². The molecule has 0 amide bonds. The van der Waals surface area contributed by atoms with Crippen LogP contribution in [0.4, 0.5) is 0 Å². The van der Waals surface area contributed by atoms with Crippen molar-refractivity contribution in [1.29, 1.82) is 0 Å². The van der Waals surface area contributed by atoms with E-state index in [0.717, 1.165) is 12.8 Å². The smallest absolute Gasteiger partial charge is 0.0190 e. The third-order valence-electron chi connectivity index (χ3n) is 7.23. The second kappa shape index (κ2) is 14.2. The summed E-state index contributed by atoms with van der Waals surface area (Å²) in [6.45, 7) is 15.8. The Morgan fingerprint density at radius 3 is 1.36 bits per heavy atom. The Bertz CT molecular complexity index is 1230. The van der Waals surface area contributed by atoms with E-state index < -0.39 is 15.8 Å². The molecule has 4 aromatic rings. The van der Waals surface area contributed by atoms with Crippen molar-refractivity contribution in [2.75, 3.05) is 12.3 Å². The summed E-state index contributed by atoms with van der Waals surface area (Å²) in [5, 5.41) is 5.99. The van der Waals surface area contributed by atoms with Crippen molar-refractivity contribution in [3.63, 3.8) is 0 Å². The minimum atomic E-state index is -0.494. The topological polar surface area (TPSA) is 0 Å². The van der Waals surface area contributed by atoms with E-state index in [1.165, 1.54) is 67.8 Å². The summed E-state index contributed by atoms with van der Waals surface area (Å²) in [6.07, 6.45) is 5.79. The van der Waals surface area contributed by atoms with Crippen LogP contribution in [-0.2, 0) is 0 Å². The average Bonchev–Trinajstić information content (AvgIpc) is 2.90. The van der Waals surface area contributed by atoms with Crippen LogP contribution in [0.25, 0.3) is 0 Å². The van der Waals surface area contributed by atoms with Gasteiger partial charge in [0.1, 0.15) is 0 Å². The Morgan fingerprint density at radius 1 is 0.590 bits per heavy atom. The standard InChI is InChI=1S/C37H44P2/c1-7-14-28(2)21-33(26-38(34-15-10-8-11-16-34)35-17-12-9-13-18-35)27-39(36-22-29(3)19-30(4)23-36)37-24-31(5)20-32(6)25-37/h8-13,15-20,22-25,33H,2,7,14,21,26-27H2,1,3-6H3/t33-/m1/s1. The van der Waals surface area contributed by atoms with Crippen molar-refractivity contribution in [2.45, 2.75) is 53.9 Å². The van der Waals surface area contributed by atoms with Gasteiger partial charge in [0.2, 0.25) is 0 Å². The maximum atomic E-state index is 4.56. The second-order valence-electron chi connectivity index (χ2n) is 11.2. The molecule has 0 spiro atoms. The molecule has 0 unspecified atom stereocenters. The van der Waals surface area contributed by atoms with Gasteiger partial charge in [-0.05, 0) is 95.8 Å². The third-order valence-corrected chi connectivity index (χ3v) is 12.6. The fraction of sp³-hybridized carbons (Fsp3) is 0.297. The number of rotatable bonds is 12. The minimum absolute atomic E-state index is 0.454. The zero-order valence-corrected chi connectivity index (χ0v) is 26.2. The number of benzene rings is 4. The van der Waals surface area contributed by atoms with Crippen LogP contribution in [-0.4, -0.2) is 12.3 Å². The molecule has 4 rings (SSSR count). The van der Waals surface area contributed by atoms with Gasteiger partial charge in [-0.25, -0.2) is 0 Å². The Morgan fingerprint density at radius 2 is 0.974 bits per heavy atom. The highest BCUT2D eigenvalue weighted by molar-refractivity contribution is 7.74. The lowest BCUT2D eigenvalue weighted by Gasteiger charge is -2.30. The first-order chi connectivity index (χ1) is 18.8. The molecule has 1 atom stereocenters. The van der Waals surface area contributed by atoms with Crippen molar-refractivity contribution in [3.05, 3.63) is 131 Å². The third kappa shape index (κ3) is 8.48. The lowest BCUT2D eigenvalue weighted by molar-refractivity contribution is 0.639. The monoisotopic (exact) mass is 550 g/mol. The van der Waals surface area contributed by atoms with Gasteiger partial charge < -0.3 is 0 Å². The van der Waals surface area contributed by atoms with E-state index in [9.17, 15) is 0 Å². The molecular weight excluding hydrogens is 506 g/mol. The van der Waals surface area contributed by atoms with Crippen molar-refractivity contribution < 1.29 is 0 Å². The van der Waals surface area contributed by atoms with Crippen molar-refractivity contribution in [3.8, 4) is 0 Å². The summed E-state index contributed by atoms with van der Waals surface area (Å²) in [5.41, 5.74) is 6.87. The quantitative estimate of drug-likeness (QED) is 0.122. The van der Waals surface area contributed by atoms with E-state index in [-0.39, 0.29) is 0 Å². The van der Waals surface area contributed by atoms with Crippen LogP contribution in [0.15, 0.2) is 109 Å². The molecular formula is C37H44P2. The van der Waals surface area contributed by atoms with Crippen LogP contribution in [0.3, 0.4) is 0 Å². The fourth-order valence-electron chi connectivity index (χ4n) is 5.72. The van der Waals surface area contributed by atoms with Gasteiger partial charge in [0.25, 0.3) is 0 Å². The van der Waals surface area contributed by atoms with Crippen LogP contribution in [0.1, 0.15) is 48.4 Å². The SMILES string of the molecule is C=C(CCC)C[C@H](CP(c1ccccc1)c1ccccc1)CP(c1cc(C)cc(C)c1)c1cc(C)cc(C)c1. The summed E-state index contributed by atoms with van der Waals surface area (Å²) in [5.74, 6) is 0.573. The van der Waals surface area contributed by atoms with Gasteiger partial charge in [-0.15, -0.1) is 0 Å². The summed E-state index contributed by atoms with van der Waals surface area (Å²) in [4.78, 5) is 0. The summed E-state index contributed by atoms with van der Waals surface area (Å²) < 4.78 is 0. The predicted octanol–water partition coefficient (Wildman–Crippen LogP) is 8.85. The van der Waals surface area contributed by atoms with Gasteiger partial charge in [-0.1, -0.05) is 145 Å². The summed E-state index contributed by atoms with van der Waals surface area (Å²) in [6, 6.07) is 36.9. The molecule has 202 valence electrons. The molecule has 0 saturated heterocycles. The first-order valence-electron chi connectivity index (χ1n) is 14.3. The summed E-state index contributed by atoms with van der Waals surface area (Å²) in [7, 11) is -0.948. The maximum Gasteiger partial charge on any atom is -0.0190 e. The van der Waals surface area contributed by atoms with Crippen LogP contribution in [0.2, 0.25) is 0 Å². The van der Waals surface area contributed by atoms with Gasteiger partial charge in [0.05, 0.1) is 0 Å². The molecule has 0 fully saturated rings. The largest absolute Gasteiger partial charge is 0.0999 e. The normalized spacial score (nSPS) is 12.2. The Labute approximate surface area is 240 Å². The molecule has 0 aromatic heterocycles. The number of hydrogen-bond acceptors (Lipinski definition) is 0. The van der Waals surface area contributed by atoms with Gasteiger partial charge in [0.15, 0.2) is 0 Å². The zero-order chi connectivity index (χ0) is 27.8. The lowest BCUT2D eigenvalue weighted by atomic mass is 10.0. The molecule has 0 aliphatic carbocycles. The van der Waals surface area contributed by atoms with E-state index in [4.69, 9.17) is 0 Å². The molecule has 0 bridgehead atoms. The van der Waals surface area contributed by atoms with Crippen LogP contribution in [0.5, 0.6) is 0 Å². The Kier molecular flexibility index (Phi) is 10.7. The predicted molar refractivity (Wildman–Crippen MR) is 179 cm³/mol. The minimum Gasteiger partial charge on any atom is -0.0999 e. The Balaban J connectivity index is 1.77. The molecule has 0 aliphatic rings. The molecule has 0 N–H and O–H groups in total. The lowest BCUT2D eigenvalue weighted by Crippen LogP contribution is -2.25. The molecule has 39 heavy (non-hydrogen) atoms. The molecule has 0 nitrogen and oxygen atoms in total. The van der Waals surface area contributed by atoms with E-state index in [0.29, 0.717) is 5.92 Å². The molecule has 4 aromatic carbocycles.